The fourth-order valence-corrected chi connectivity index (χ4v) is 3.26. The van der Waals surface area contributed by atoms with Crippen LogP contribution in [0, 0.1) is 0 Å². The van der Waals surface area contributed by atoms with Gasteiger partial charge in [0.05, 0.1) is 13.4 Å². The second kappa shape index (κ2) is 11.1. The van der Waals surface area contributed by atoms with Gasteiger partial charge in [-0.25, -0.2) is 13.1 Å². The van der Waals surface area contributed by atoms with E-state index in [-0.39, 0.29) is 18.4 Å². The van der Waals surface area contributed by atoms with Gasteiger partial charge >= 0.3 is 0 Å². The van der Waals surface area contributed by atoms with E-state index in [1.165, 1.54) is 0 Å². The number of methoxy groups -OCH3 is 1. The van der Waals surface area contributed by atoms with Crippen LogP contribution in [0.4, 0.5) is 0 Å². The molecule has 2 N–H and O–H groups in total. The minimum atomic E-state index is -3.21. The van der Waals surface area contributed by atoms with Crippen molar-refractivity contribution < 1.29 is 17.9 Å². The second-order valence-electron chi connectivity index (χ2n) is 6.06. The highest BCUT2D eigenvalue weighted by atomic mass is 35.5. The standard InChI is InChI=1S/C19H26N2O4S.ClH/c1-15(21-26(3,22)23)17-9-7-16(8-10-17)14-20-11-12-25-19-6-4-5-18(13-19)24-2;/h4-10,13,15,20-21H,11-12,14H2,1-3H3;1H/t15-;/m1./s1. The van der Waals surface area contributed by atoms with Gasteiger partial charge < -0.3 is 14.8 Å². The van der Waals surface area contributed by atoms with Gasteiger partial charge in [-0.3, -0.25) is 0 Å². The Hall–Kier alpha value is -1.80. The molecule has 27 heavy (non-hydrogen) atoms. The number of nitrogens with one attached hydrogen (secondary N) is 2. The van der Waals surface area contributed by atoms with Gasteiger partial charge in [0.1, 0.15) is 18.1 Å². The zero-order valence-electron chi connectivity index (χ0n) is 15.8. The zero-order valence-corrected chi connectivity index (χ0v) is 17.4. The Morgan fingerprint density at radius 2 is 1.74 bits per heavy atom. The molecule has 0 aliphatic rings. The van der Waals surface area contributed by atoms with Crippen molar-refractivity contribution in [2.45, 2.75) is 19.5 Å². The van der Waals surface area contributed by atoms with E-state index in [1.54, 1.807) is 7.11 Å². The first-order chi connectivity index (χ1) is 12.4. The lowest BCUT2D eigenvalue weighted by Gasteiger charge is -2.13. The number of hydrogen-bond acceptors (Lipinski definition) is 5. The lowest BCUT2D eigenvalue weighted by atomic mass is 10.1. The Morgan fingerprint density at radius 1 is 1.07 bits per heavy atom. The van der Waals surface area contributed by atoms with Crippen molar-refractivity contribution in [3.63, 3.8) is 0 Å². The molecule has 6 nitrogen and oxygen atoms in total. The SMILES string of the molecule is COc1cccc(OCCNCc2ccc([C@@H](C)NS(C)(=O)=O)cc2)c1.Cl. The van der Waals surface area contributed by atoms with Gasteiger partial charge in [-0.1, -0.05) is 30.3 Å². The summed E-state index contributed by atoms with van der Waals surface area (Å²) in [4.78, 5) is 0. The van der Waals surface area contributed by atoms with E-state index in [2.05, 4.69) is 10.0 Å². The van der Waals surface area contributed by atoms with Crippen molar-refractivity contribution >= 4 is 22.4 Å². The predicted molar refractivity (Wildman–Crippen MR) is 110 cm³/mol. The summed E-state index contributed by atoms with van der Waals surface area (Å²) in [5.41, 5.74) is 2.06. The molecule has 0 bridgehead atoms. The Kier molecular flexibility index (Phi) is 9.59. The first-order valence-corrected chi connectivity index (χ1v) is 10.3. The van der Waals surface area contributed by atoms with Crippen LogP contribution in [0.25, 0.3) is 0 Å². The molecule has 0 aliphatic carbocycles. The summed E-state index contributed by atoms with van der Waals surface area (Å²) in [5, 5.41) is 3.32. The predicted octanol–water partition coefficient (Wildman–Crippen LogP) is 2.90. The van der Waals surface area contributed by atoms with Crippen LogP contribution in [-0.4, -0.2) is 34.9 Å². The first kappa shape index (κ1) is 23.2. The summed E-state index contributed by atoms with van der Waals surface area (Å²) < 4.78 is 36.0. The van der Waals surface area contributed by atoms with Crippen LogP contribution in [0.5, 0.6) is 11.5 Å². The number of rotatable bonds is 10. The first-order valence-electron chi connectivity index (χ1n) is 8.41. The highest BCUT2D eigenvalue weighted by Gasteiger charge is 2.10. The van der Waals surface area contributed by atoms with E-state index in [1.807, 2.05) is 55.5 Å². The van der Waals surface area contributed by atoms with E-state index in [0.717, 1.165) is 35.4 Å². The maximum atomic E-state index is 11.3. The maximum Gasteiger partial charge on any atom is 0.209 e. The summed E-state index contributed by atoms with van der Waals surface area (Å²) in [7, 11) is -1.58. The van der Waals surface area contributed by atoms with Gasteiger partial charge in [0.25, 0.3) is 0 Å². The van der Waals surface area contributed by atoms with Gasteiger partial charge in [0.2, 0.25) is 10.0 Å². The molecule has 8 heteroatoms. The summed E-state index contributed by atoms with van der Waals surface area (Å²) >= 11 is 0. The number of hydrogen-bond donors (Lipinski definition) is 2. The van der Waals surface area contributed by atoms with Gasteiger partial charge in [-0.05, 0) is 30.2 Å². The molecule has 0 saturated carbocycles. The van der Waals surface area contributed by atoms with Crippen molar-refractivity contribution in [3.05, 3.63) is 59.7 Å². The van der Waals surface area contributed by atoms with Crippen LogP contribution in [-0.2, 0) is 16.6 Å². The van der Waals surface area contributed by atoms with Crippen molar-refractivity contribution in [3.8, 4) is 11.5 Å². The molecule has 0 amide bonds. The third-order valence-electron chi connectivity index (χ3n) is 3.79. The van der Waals surface area contributed by atoms with Gasteiger partial charge in [0, 0.05) is 25.2 Å². The van der Waals surface area contributed by atoms with Crippen LogP contribution < -0.4 is 19.5 Å². The van der Waals surface area contributed by atoms with Crippen LogP contribution in [0.3, 0.4) is 0 Å². The molecule has 0 unspecified atom stereocenters. The van der Waals surface area contributed by atoms with Crippen LogP contribution >= 0.6 is 12.4 Å². The zero-order chi connectivity index (χ0) is 19.0. The smallest absolute Gasteiger partial charge is 0.209 e. The molecular weight excluding hydrogens is 388 g/mol. The number of sulfonamides is 1. The quantitative estimate of drug-likeness (QED) is 0.584. The van der Waals surface area contributed by atoms with Crippen LogP contribution in [0.2, 0.25) is 0 Å². The number of benzene rings is 2. The second-order valence-corrected chi connectivity index (χ2v) is 7.84. The molecule has 2 aromatic rings. The highest BCUT2D eigenvalue weighted by molar-refractivity contribution is 7.88. The van der Waals surface area contributed by atoms with E-state index in [0.29, 0.717) is 13.2 Å². The third-order valence-corrected chi connectivity index (χ3v) is 4.57. The molecule has 150 valence electrons. The summed E-state index contributed by atoms with van der Waals surface area (Å²) in [6, 6.07) is 15.1. The van der Waals surface area contributed by atoms with E-state index in [4.69, 9.17) is 9.47 Å². The third kappa shape index (κ3) is 8.62. The number of halogens is 1. The average Bonchev–Trinajstić information content (AvgIpc) is 2.60. The van der Waals surface area contributed by atoms with Gasteiger partial charge in [-0.2, -0.15) is 0 Å². The summed E-state index contributed by atoms with van der Waals surface area (Å²) in [5.74, 6) is 1.55. The molecular formula is C19H27ClN2O4S. The maximum absolute atomic E-state index is 11.3. The van der Waals surface area contributed by atoms with Gasteiger partial charge in [-0.15, -0.1) is 12.4 Å². The molecule has 0 radical (unpaired) electrons. The van der Waals surface area contributed by atoms with Crippen molar-refractivity contribution in [2.75, 3.05) is 26.5 Å². The van der Waals surface area contributed by atoms with Crippen molar-refractivity contribution in [2.24, 2.45) is 0 Å². The Morgan fingerprint density at radius 3 is 2.37 bits per heavy atom. The number of ether oxygens (including phenoxy) is 2. The topological polar surface area (TPSA) is 76.7 Å². The lowest BCUT2D eigenvalue weighted by Crippen LogP contribution is -2.25. The van der Waals surface area contributed by atoms with Gasteiger partial charge in [0.15, 0.2) is 0 Å². The fourth-order valence-electron chi connectivity index (χ4n) is 2.48. The Labute approximate surface area is 167 Å². The summed E-state index contributed by atoms with van der Waals surface area (Å²) in [6.45, 7) is 3.81. The van der Waals surface area contributed by atoms with Crippen LogP contribution in [0.15, 0.2) is 48.5 Å². The van der Waals surface area contributed by atoms with Crippen LogP contribution in [0.1, 0.15) is 24.1 Å². The molecule has 0 aromatic heterocycles. The minimum absolute atomic E-state index is 0. The molecule has 1 atom stereocenters. The Bertz CT molecular complexity index is 798. The lowest BCUT2D eigenvalue weighted by molar-refractivity contribution is 0.311. The molecule has 0 heterocycles. The van der Waals surface area contributed by atoms with E-state index in [9.17, 15) is 8.42 Å². The minimum Gasteiger partial charge on any atom is -0.497 e. The average molecular weight is 415 g/mol. The van der Waals surface area contributed by atoms with Crippen molar-refractivity contribution in [1.29, 1.82) is 0 Å². The Balaban J connectivity index is 0.00000364. The molecule has 0 fully saturated rings. The normalized spacial score (nSPS) is 12.1. The van der Waals surface area contributed by atoms with Crippen molar-refractivity contribution in [1.82, 2.24) is 10.0 Å². The van der Waals surface area contributed by atoms with E-state index < -0.39 is 10.0 Å². The molecule has 2 aromatic carbocycles. The monoisotopic (exact) mass is 414 g/mol. The molecule has 0 aliphatic heterocycles. The fraction of sp³-hybridized carbons (Fsp3) is 0.368. The molecule has 0 spiro atoms. The largest absolute Gasteiger partial charge is 0.497 e. The molecule has 0 saturated heterocycles. The summed E-state index contributed by atoms with van der Waals surface area (Å²) in [6.07, 6.45) is 1.16. The van der Waals surface area contributed by atoms with E-state index >= 15 is 0 Å². The molecule has 2 rings (SSSR count). The highest BCUT2D eigenvalue weighted by Crippen LogP contribution is 2.18.